The number of aromatic nitrogens is 2. The third-order valence-electron chi connectivity index (χ3n) is 5.72. The Morgan fingerprint density at radius 3 is 2.64 bits per heavy atom. The summed E-state index contributed by atoms with van der Waals surface area (Å²) in [6.45, 7) is 3.81. The highest BCUT2D eigenvalue weighted by Gasteiger charge is 2.41. The first kappa shape index (κ1) is 19.0. The van der Waals surface area contributed by atoms with Crippen LogP contribution in [-0.4, -0.2) is 45.8 Å². The number of fused-ring (bicyclic) bond motifs is 1. The Kier molecular flexibility index (Phi) is 4.91. The van der Waals surface area contributed by atoms with Crippen molar-refractivity contribution < 1.29 is 18.0 Å². The van der Waals surface area contributed by atoms with Crippen LogP contribution in [0.5, 0.6) is 0 Å². The molecule has 0 bridgehead atoms. The maximum atomic E-state index is 13.8. The van der Waals surface area contributed by atoms with Crippen LogP contribution in [0.3, 0.4) is 0 Å². The van der Waals surface area contributed by atoms with Crippen molar-refractivity contribution >= 4 is 5.91 Å². The van der Waals surface area contributed by atoms with Crippen LogP contribution in [0.4, 0.5) is 13.2 Å². The van der Waals surface area contributed by atoms with Gasteiger partial charge in [-0.25, -0.2) is 4.68 Å². The summed E-state index contributed by atoms with van der Waals surface area (Å²) in [7, 11) is 0. The van der Waals surface area contributed by atoms with Gasteiger partial charge in [0.25, 0.3) is 5.91 Å². The van der Waals surface area contributed by atoms with Crippen LogP contribution in [0.25, 0.3) is 5.69 Å². The number of nitrogens with zero attached hydrogens (tertiary/aromatic N) is 3. The second kappa shape index (κ2) is 7.24. The van der Waals surface area contributed by atoms with Crippen LogP contribution in [-0.2, 0) is 6.18 Å². The average molecular weight is 392 g/mol. The third kappa shape index (κ3) is 3.65. The number of hydrogen-bond donors (Lipinski definition) is 1. The van der Waals surface area contributed by atoms with Crippen molar-refractivity contribution in [3.63, 3.8) is 0 Å². The van der Waals surface area contributed by atoms with Gasteiger partial charge >= 0.3 is 6.18 Å². The largest absolute Gasteiger partial charge is 0.434 e. The highest BCUT2D eigenvalue weighted by atomic mass is 19.4. The lowest BCUT2D eigenvalue weighted by molar-refractivity contribution is -0.143. The zero-order chi connectivity index (χ0) is 19.9. The van der Waals surface area contributed by atoms with E-state index in [0.717, 1.165) is 55.2 Å². The Morgan fingerprint density at radius 1 is 1.18 bits per heavy atom. The fraction of sp³-hybridized carbons (Fsp3) is 0.500. The lowest BCUT2D eigenvalue weighted by Gasteiger charge is -2.35. The van der Waals surface area contributed by atoms with Crippen molar-refractivity contribution in [3.05, 3.63) is 47.3 Å². The molecule has 0 spiro atoms. The first-order valence-corrected chi connectivity index (χ1v) is 9.60. The van der Waals surface area contributed by atoms with Gasteiger partial charge in [-0.15, -0.1) is 0 Å². The van der Waals surface area contributed by atoms with E-state index in [1.165, 1.54) is 0 Å². The number of carbonyl (C=O) groups excluding carboxylic acids is 1. The van der Waals surface area contributed by atoms with Gasteiger partial charge in [0, 0.05) is 18.6 Å². The molecule has 0 saturated carbocycles. The van der Waals surface area contributed by atoms with E-state index in [1.54, 1.807) is 24.3 Å². The van der Waals surface area contributed by atoms with Gasteiger partial charge in [0.2, 0.25) is 0 Å². The molecule has 2 fully saturated rings. The van der Waals surface area contributed by atoms with E-state index < -0.39 is 23.3 Å². The van der Waals surface area contributed by atoms with E-state index in [-0.39, 0.29) is 11.7 Å². The van der Waals surface area contributed by atoms with Crippen molar-refractivity contribution in [2.45, 2.75) is 50.9 Å². The molecule has 28 heavy (non-hydrogen) atoms. The molecular formula is C20H23F3N4O. The van der Waals surface area contributed by atoms with E-state index in [4.69, 9.17) is 0 Å². The minimum Gasteiger partial charge on any atom is -0.349 e. The SMILES string of the molecule is Cc1ccc(-n2ncc(C(=O)N[C@@H]3CCN4CCC[C@H]4C3)c2C(F)(F)F)cc1. The molecule has 0 unspecified atom stereocenters. The minimum atomic E-state index is -4.69. The first-order chi connectivity index (χ1) is 13.3. The van der Waals surface area contributed by atoms with E-state index in [0.29, 0.717) is 6.04 Å². The van der Waals surface area contributed by atoms with Crippen molar-refractivity contribution in [2.75, 3.05) is 13.1 Å². The molecular weight excluding hydrogens is 369 g/mol. The Labute approximate surface area is 161 Å². The highest BCUT2D eigenvalue weighted by molar-refractivity contribution is 5.95. The molecule has 3 heterocycles. The summed E-state index contributed by atoms with van der Waals surface area (Å²) in [6, 6.07) is 6.88. The molecule has 2 aliphatic rings. The third-order valence-corrected chi connectivity index (χ3v) is 5.72. The molecule has 5 nitrogen and oxygen atoms in total. The molecule has 2 atom stereocenters. The van der Waals surface area contributed by atoms with Crippen molar-refractivity contribution in [1.82, 2.24) is 20.0 Å². The topological polar surface area (TPSA) is 50.2 Å². The van der Waals surface area contributed by atoms with Gasteiger partial charge in [-0.1, -0.05) is 17.7 Å². The van der Waals surface area contributed by atoms with Gasteiger partial charge < -0.3 is 10.2 Å². The van der Waals surface area contributed by atoms with Gasteiger partial charge in [0.15, 0.2) is 5.69 Å². The summed E-state index contributed by atoms with van der Waals surface area (Å²) >= 11 is 0. The number of hydrogen-bond acceptors (Lipinski definition) is 3. The number of benzene rings is 1. The van der Waals surface area contributed by atoms with E-state index in [1.807, 2.05) is 6.92 Å². The number of aryl methyl sites for hydroxylation is 1. The number of rotatable bonds is 3. The summed E-state index contributed by atoms with van der Waals surface area (Å²) in [5, 5.41) is 6.69. The minimum absolute atomic E-state index is 0.101. The smallest absolute Gasteiger partial charge is 0.349 e. The summed E-state index contributed by atoms with van der Waals surface area (Å²) in [4.78, 5) is 15.1. The maximum absolute atomic E-state index is 13.8. The van der Waals surface area contributed by atoms with E-state index >= 15 is 0 Å². The van der Waals surface area contributed by atoms with Gasteiger partial charge in [-0.2, -0.15) is 18.3 Å². The molecule has 1 N–H and O–H groups in total. The lowest BCUT2D eigenvalue weighted by atomic mass is 9.97. The van der Waals surface area contributed by atoms with E-state index in [2.05, 4.69) is 15.3 Å². The summed E-state index contributed by atoms with van der Waals surface area (Å²) in [5.74, 6) is -0.706. The van der Waals surface area contributed by atoms with Gasteiger partial charge in [0.05, 0.1) is 17.4 Å². The quantitative estimate of drug-likeness (QED) is 0.869. The van der Waals surface area contributed by atoms with Crippen LogP contribution in [0.15, 0.2) is 30.5 Å². The molecule has 2 aliphatic heterocycles. The van der Waals surface area contributed by atoms with E-state index in [9.17, 15) is 18.0 Å². The Hall–Kier alpha value is -2.35. The van der Waals surface area contributed by atoms with Gasteiger partial charge in [-0.3, -0.25) is 4.79 Å². The molecule has 0 radical (unpaired) electrons. The maximum Gasteiger partial charge on any atom is 0.434 e. The van der Waals surface area contributed by atoms with Crippen LogP contribution >= 0.6 is 0 Å². The molecule has 1 aromatic heterocycles. The van der Waals surface area contributed by atoms with Crippen molar-refractivity contribution in [2.24, 2.45) is 0 Å². The molecule has 2 saturated heterocycles. The molecule has 150 valence electrons. The fourth-order valence-corrected chi connectivity index (χ4v) is 4.29. The Morgan fingerprint density at radius 2 is 1.93 bits per heavy atom. The molecule has 2 aromatic rings. The Balaban J connectivity index is 1.58. The first-order valence-electron chi connectivity index (χ1n) is 9.60. The second-order valence-corrected chi connectivity index (χ2v) is 7.68. The van der Waals surface area contributed by atoms with Crippen LogP contribution < -0.4 is 5.32 Å². The number of carbonyl (C=O) groups is 1. The molecule has 0 aliphatic carbocycles. The average Bonchev–Trinajstić information content (AvgIpc) is 3.28. The monoisotopic (exact) mass is 392 g/mol. The normalized spacial score (nSPS) is 22.9. The number of halogens is 3. The van der Waals surface area contributed by atoms with Gasteiger partial charge in [0.1, 0.15) is 0 Å². The summed E-state index contributed by atoms with van der Waals surface area (Å²) in [6.07, 6.45) is 0.110. The van der Waals surface area contributed by atoms with Crippen LogP contribution in [0.1, 0.15) is 47.3 Å². The molecule has 4 rings (SSSR count). The van der Waals surface area contributed by atoms with Gasteiger partial charge in [-0.05, 0) is 51.3 Å². The summed E-state index contributed by atoms with van der Waals surface area (Å²) < 4.78 is 42.1. The number of nitrogens with one attached hydrogen (secondary N) is 1. The zero-order valence-electron chi connectivity index (χ0n) is 15.7. The van der Waals surface area contributed by atoms with Crippen LogP contribution in [0.2, 0.25) is 0 Å². The number of piperidine rings is 1. The molecule has 1 amide bonds. The fourth-order valence-electron chi connectivity index (χ4n) is 4.29. The van der Waals surface area contributed by atoms with Crippen molar-refractivity contribution in [1.29, 1.82) is 0 Å². The molecule has 1 aromatic carbocycles. The predicted octanol–water partition coefficient (Wildman–Crippen LogP) is 3.56. The lowest BCUT2D eigenvalue weighted by Crippen LogP contribution is -2.47. The van der Waals surface area contributed by atoms with Crippen molar-refractivity contribution in [3.8, 4) is 5.69 Å². The molecule has 8 heteroatoms. The number of alkyl halides is 3. The zero-order valence-corrected chi connectivity index (χ0v) is 15.7. The summed E-state index contributed by atoms with van der Waals surface area (Å²) in [5.41, 5.74) is -0.258. The second-order valence-electron chi connectivity index (χ2n) is 7.68. The van der Waals surface area contributed by atoms with Crippen LogP contribution in [0, 0.1) is 6.92 Å². The highest BCUT2D eigenvalue weighted by Crippen LogP contribution is 2.34. The Bertz CT molecular complexity index is 859. The standard InChI is InChI=1S/C20H23F3N4O/c1-13-4-6-15(7-5-13)27-18(20(21,22)23)17(12-24-27)19(28)25-14-8-10-26-9-2-3-16(26)11-14/h4-7,12,14,16H,2-3,8-11H2,1H3,(H,25,28)/t14-,16+/m1/s1. The predicted molar refractivity (Wildman–Crippen MR) is 98.4 cm³/mol. The number of amides is 1.